The molecule has 0 aromatic carbocycles. The van der Waals surface area contributed by atoms with E-state index in [0.29, 0.717) is 0 Å². The van der Waals surface area contributed by atoms with Crippen molar-refractivity contribution in [2.24, 2.45) is 0 Å². The smallest absolute Gasteiger partial charge is 0.0276 e. The van der Waals surface area contributed by atoms with Crippen LogP contribution in [0.2, 0.25) is 0 Å². The predicted octanol–water partition coefficient (Wildman–Crippen LogP) is 7.27. The maximum absolute atomic E-state index is 3.35. The fourth-order valence-electron chi connectivity index (χ4n) is 2.61. The molecule has 121 valence electrons. The Morgan fingerprint density at radius 2 is 0.955 bits per heavy atom. The SMILES string of the molecule is [C]1=C/C=C/C=C\C=C\C=C\CCCCCCCCCCCC/1. The summed E-state index contributed by atoms with van der Waals surface area (Å²) in [5.41, 5.74) is 0. The van der Waals surface area contributed by atoms with E-state index < -0.39 is 0 Å². The summed E-state index contributed by atoms with van der Waals surface area (Å²) in [6.07, 6.45) is 38.5. The molecule has 0 atom stereocenters. The zero-order chi connectivity index (χ0) is 15.6. The highest BCUT2D eigenvalue weighted by Gasteiger charge is 1.92. The molecule has 1 radical (unpaired) electrons. The first-order valence-electron chi connectivity index (χ1n) is 9.22. The molecule has 0 heteroatoms. The monoisotopic (exact) mass is 297 g/mol. The third-order valence-electron chi connectivity index (χ3n) is 3.96. The zero-order valence-corrected chi connectivity index (χ0v) is 14.2. The van der Waals surface area contributed by atoms with Crippen LogP contribution in [-0.2, 0) is 0 Å². The van der Waals surface area contributed by atoms with Gasteiger partial charge in [-0.25, -0.2) is 0 Å². The van der Waals surface area contributed by atoms with Crippen LogP contribution < -0.4 is 0 Å². The molecular weight excluding hydrogens is 264 g/mol. The molecule has 1 rings (SSSR count). The topological polar surface area (TPSA) is 0 Å². The summed E-state index contributed by atoms with van der Waals surface area (Å²) in [4.78, 5) is 0. The fourth-order valence-corrected chi connectivity index (χ4v) is 2.61. The molecule has 0 N–H and O–H groups in total. The van der Waals surface area contributed by atoms with E-state index in [1.165, 1.54) is 70.6 Å². The molecule has 0 amide bonds. The van der Waals surface area contributed by atoms with Crippen LogP contribution in [0.15, 0.2) is 54.7 Å². The van der Waals surface area contributed by atoms with Gasteiger partial charge >= 0.3 is 0 Å². The molecule has 0 aliphatic heterocycles. The summed E-state index contributed by atoms with van der Waals surface area (Å²) in [6.45, 7) is 0. The van der Waals surface area contributed by atoms with Crippen LogP contribution >= 0.6 is 0 Å². The lowest BCUT2D eigenvalue weighted by Crippen LogP contribution is -1.82. The highest BCUT2D eigenvalue weighted by Crippen LogP contribution is 2.12. The minimum Gasteiger partial charge on any atom is -0.0845 e. The van der Waals surface area contributed by atoms with E-state index in [-0.39, 0.29) is 0 Å². The standard InChI is InChI=1S/C22H33/c1-2-4-6-8-10-12-14-16-18-20-22-21-19-17-15-13-11-9-7-5-3-1/h1-9H,10,12-22H2/b3-1-,4-2+,7-5+,8-6+,11-9?. The molecule has 0 aromatic rings. The average Bonchev–Trinajstić information content (AvgIpc) is 2.53. The molecule has 22 heavy (non-hydrogen) atoms. The Hall–Kier alpha value is -1.30. The molecule has 0 saturated heterocycles. The second kappa shape index (κ2) is 16.1. The molecule has 0 unspecified atom stereocenters. The minimum absolute atomic E-state index is 1.10. The maximum Gasteiger partial charge on any atom is -0.0276 e. The third-order valence-corrected chi connectivity index (χ3v) is 3.96. The van der Waals surface area contributed by atoms with Gasteiger partial charge in [0.2, 0.25) is 0 Å². The van der Waals surface area contributed by atoms with Crippen LogP contribution in [0.3, 0.4) is 0 Å². The van der Waals surface area contributed by atoms with E-state index in [4.69, 9.17) is 0 Å². The molecule has 0 aromatic heterocycles. The van der Waals surface area contributed by atoms with Crippen LogP contribution in [0.1, 0.15) is 77.0 Å². The van der Waals surface area contributed by atoms with Crippen LogP contribution in [0.25, 0.3) is 0 Å². The van der Waals surface area contributed by atoms with Gasteiger partial charge in [0.15, 0.2) is 0 Å². The van der Waals surface area contributed by atoms with E-state index in [1.54, 1.807) is 0 Å². The zero-order valence-electron chi connectivity index (χ0n) is 14.2. The molecule has 1 aliphatic rings. The Labute approximate surface area is 138 Å². The van der Waals surface area contributed by atoms with Crippen molar-refractivity contribution in [3.8, 4) is 0 Å². The minimum atomic E-state index is 1.10. The second-order valence-corrected chi connectivity index (χ2v) is 6.03. The van der Waals surface area contributed by atoms with Crippen LogP contribution in [-0.4, -0.2) is 0 Å². The summed E-state index contributed by atoms with van der Waals surface area (Å²) in [5, 5.41) is 0. The fraction of sp³-hybridized carbons (Fsp3) is 0.545. The van der Waals surface area contributed by atoms with Crippen molar-refractivity contribution in [1.29, 1.82) is 0 Å². The Morgan fingerprint density at radius 1 is 0.455 bits per heavy atom. The number of rotatable bonds is 0. The van der Waals surface area contributed by atoms with Crippen LogP contribution in [0.5, 0.6) is 0 Å². The molecule has 0 spiro atoms. The van der Waals surface area contributed by atoms with E-state index in [2.05, 4.69) is 54.7 Å². The van der Waals surface area contributed by atoms with E-state index in [9.17, 15) is 0 Å². The Kier molecular flexibility index (Phi) is 13.7. The summed E-state index contributed by atoms with van der Waals surface area (Å²) >= 11 is 0. The van der Waals surface area contributed by atoms with Gasteiger partial charge in [-0.2, -0.15) is 0 Å². The van der Waals surface area contributed by atoms with Gasteiger partial charge in [0.05, 0.1) is 0 Å². The average molecular weight is 298 g/mol. The largest absolute Gasteiger partial charge is 0.0845 e. The van der Waals surface area contributed by atoms with Crippen molar-refractivity contribution in [2.75, 3.05) is 0 Å². The molecule has 0 heterocycles. The first-order valence-corrected chi connectivity index (χ1v) is 9.22. The van der Waals surface area contributed by atoms with Gasteiger partial charge in [-0.1, -0.05) is 106 Å². The molecular formula is C22H33. The van der Waals surface area contributed by atoms with Gasteiger partial charge in [-0.15, -0.1) is 0 Å². The van der Waals surface area contributed by atoms with Gasteiger partial charge in [0.25, 0.3) is 0 Å². The van der Waals surface area contributed by atoms with Gasteiger partial charge in [0.1, 0.15) is 0 Å². The third kappa shape index (κ3) is 13.7. The Balaban J connectivity index is 2.28. The van der Waals surface area contributed by atoms with Crippen molar-refractivity contribution >= 4 is 0 Å². The number of hydrogen-bond donors (Lipinski definition) is 0. The quantitative estimate of drug-likeness (QED) is 0.441. The summed E-state index contributed by atoms with van der Waals surface area (Å²) < 4.78 is 0. The lowest BCUT2D eigenvalue weighted by atomic mass is 10.0. The Morgan fingerprint density at radius 3 is 1.64 bits per heavy atom. The van der Waals surface area contributed by atoms with Gasteiger partial charge in [-0.3, -0.25) is 0 Å². The summed E-state index contributed by atoms with van der Waals surface area (Å²) in [7, 11) is 0. The van der Waals surface area contributed by atoms with Crippen LogP contribution in [0, 0.1) is 6.08 Å². The molecule has 0 bridgehead atoms. The highest BCUT2D eigenvalue weighted by molar-refractivity contribution is 5.17. The van der Waals surface area contributed by atoms with Crippen molar-refractivity contribution < 1.29 is 0 Å². The van der Waals surface area contributed by atoms with E-state index >= 15 is 0 Å². The first-order chi connectivity index (χ1) is 11.0. The normalized spacial score (nSPS) is 27.6. The first kappa shape index (κ1) is 18.7. The van der Waals surface area contributed by atoms with Gasteiger partial charge < -0.3 is 0 Å². The number of hydrogen-bond acceptors (Lipinski definition) is 0. The van der Waals surface area contributed by atoms with Gasteiger partial charge in [0, 0.05) is 0 Å². The van der Waals surface area contributed by atoms with E-state index in [0.717, 1.165) is 6.42 Å². The van der Waals surface area contributed by atoms with Crippen molar-refractivity contribution in [1.82, 2.24) is 0 Å². The highest BCUT2D eigenvalue weighted by atomic mass is 14.0. The van der Waals surface area contributed by atoms with Crippen molar-refractivity contribution in [2.45, 2.75) is 77.0 Å². The number of allylic oxidation sites excluding steroid dienone is 10. The van der Waals surface area contributed by atoms with Crippen molar-refractivity contribution in [3.05, 3.63) is 60.8 Å². The molecule has 0 nitrogen and oxygen atoms in total. The summed E-state index contributed by atoms with van der Waals surface area (Å²) in [5.74, 6) is 0. The summed E-state index contributed by atoms with van der Waals surface area (Å²) in [6, 6.07) is 0. The second-order valence-electron chi connectivity index (χ2n) is 6.03. The molecule has 0 saturated carbocycles. The molecule has 1 aliphatic carbocycles. The van der Waals surface area contributed by atoms with E-state index in [1.807, 2.05) is 6.08 Å². The predicted molar refractivity (Wildman–Crippen MR) is 99.8 cm³/mol. The lowest BCUT2D eigenvalue weighted by Gasteiger charge is -2.01. The Bertz CT molecular complexity index is 329. The van der Waals surface area contributed by atoms with Crippen LogP contribution in [0.4, 0.5) is 0 Å². The van der Waals surface area contributed by atoms with Crippen molar-refractivity contribution in [3.63, 3.8) is 0 Å². The maximum atomic E-state index is 3.35. The molecule has 0 fully saturated rings. The van der Waals surface area contributed by atoms with Gasteiger partial charge in [-0.05, 0) is 31.8 Å². The lowest BCUT2D eigenvalue weighted by molar-refractivity contribution is 0.553.